The summed E-state index contributed by atoms with van der Waals surface area (Å²) in [5.74, 6) is 0.293. The van der Waals surface area contributed by atoms with Crippen LogP contribution in [0.1, 0.15) is 28.8 Å². The monoisotopic (exact) mass is 491 g/mol. The Morgan fingerprint density at radius 1 is 1.08 bits per heavy atom. The second kappa shape index (κ2) is 11.5. The van der Waals surface area contributed by atoms with Gasteiger partial charge in [-0.3, -0.25) is 4.79 Å². The lowest BCUT2D eigenvalue weighted by Gasteiger charge is -2.15. The van der Waals surface area contributed by atoms with Crippen LogP contribution >= 0.6 is 0 Å². The Hall–Kier alpha value is -4.24. The van der Waals surface area contributed by atoms with Gasteiger partial charge in [0.1, 0.15) is 6.61 Å². The molecule has 0 bridgehead atoms. The van der Waals surface area contributed by atoms with Crippen molar-refractivity contribution in [3.05, 3.63) is 82.9 Å². The fourth-order valence-electron chi connectivity index (χ4n) is 3.80. The van der Waals surface area contributed by atoms with E-state index in [-0.39, 0.29) is 25.5 Å². The van der Waals surface area contributed by atoms with Crippen molar-refractivity contribution in [3.63, 3.8) is 0 Å². The predicted molar refractivity (Wildman–Crippen MR) is 134 cm³/mol. The molecule has 1 amide bonds. The molecule has 0 saturated carbocycles. The van der Waals surface area contributed by atoms with Gasteiger partial charge in [0.05, 0.1) is 44.3 Å². The molecule has 3 aromatic rings. The molecule has 1 aliphatic rings. The number of ether oxygens (including phenoxy) is 3. The minimum atomic E-state index is -0.652. The van der Waals surface area contributed by atoms with Crippen molar-refractivity contribution < 1.29 is 28.5 Å². The maximum atomic E-state index is 14.0. The normalized spacial score (nSPS) is 13.2. The highest BCUT2D eigenvalue weighted by Gasteiger charge is 2.25. The van der Waals surface area contributed by atoms with Crippen molar-refractivity contribution in [2.75, 3.05) is 27.4 Å². The number of nitrogens with zero attached hydrogens (tertiary/aromatic N) is 2. The van der Waals surface area contributed by atoms with E-state index in [9.17, 15) is 9.18 Å². The number of methoxy groups -OCH3 is 2. The van der Waals surface area contributed by atoms with Crippen LogP contribution in [-0.2, 0) is 11.3 Å². The summed E-state index contributed by atoms with van der Waals surface area (Å²) in [6, 6.07) is 15.9. The van der Waals surface area contributed by atoms with E-state index in [1.807, 2.05) is 30.3 Å². The fraction of sp³-hybridized carbons (Fsp3) is 0.222. The van der Waals surface area contributed by atoms with Crippen LogP contribution in [0.5, 0.6) is 17.2 Å². The van der Waals surface area contributed by atoms with Crippen LogP contribution in [0.3, 0.4) is 0 Å². The fourth-order valence-corrected chi connectivity index (χ4v) is 3.80. The summed E-state index contributed by atoms with van der Waals surface area (Å²) < 4.78 is 30.4. The molecule has 8 nitrogen and oxygen atoms in total. The van der Waals surface area contributed by atoms with E-state index in [2.05, 4.69) is 15.3 Å². The van der Waals surface area contributed by atoms with Crippen molar-refractivity contribution in [2.45, 2.75) is 13.0 Å². The number of hydrogen-bond acceptors (Lipinski definition) is 7. The van der Waals surface area contributed by atoms with E-state index in [1.54, 1.807) is 24.3 Å². The van der Waals surface area contributed by atoms with Gasteiger partial charge < -0.3 is 24.6 Å². The van der Waals surface area contributed by atoms with Crippen LogP contribution in [0.2, 0.25) is 0 Å². The first-order valence-electron chi connectivity index (χ1n) is 11.3. The number of aliphatic imine (C=N–C) groups is 1. The third kappa shape index (κ3) is 5.69. The van der Waals surface area contributed by atoms with Gasteiger partial charge in [0.2, 0.25) is 17.6 Å². The summed E-state index contributed by atoms with van der Waals surface area (Å²) in [4.78, 5) is 21.2. The summed E-state index contributed by atoms with van der Waals surface area (Å²) in [6.45, 7) is 0.302. The number of fused-ring (bicyclic) bond motifs is 1. The van der Waals surface area contributed by atoms with Gasteiger partial charge in [0.15, 0.2) is 11.5 Å². The van der Waals surface area contributed by atoms with Gasteiger partial charge in [-0.15, -0.1) is 0 Å². The molecule has 186 valence electrons. The van der Waals surface area contributed by atoms with Gasteiger partial charge in [-0.1, -0.05) is 30.3 Å². The van der Waals surface area contributed by atoms with E-state index in [0.29, 0.717) is 52.0 Å². The number of hydrogen-bond donors (Lipinski definition) is 2. The number of pyridine rings is 1. The van der Waals surface area contributed by atoms with Crippen LogP contribution in [0.15, 0.2) is 59.6 Å². The first-order valence-corrected chi connectivity index (χ1v) is 11.3. The number of benzene rings is 2. The van der Waals surface area contributed by atoms with Crippen LogP contribution < -0.4 is 19.5 Å². The molecule has 0 radical (unpaired) electrons. The molecule has 9 heteroatoms. The second-order valence-corrected chi connectivity index (χ2v) is 7.88. The topological polar surface area (TPSA) is 102 Å². The SMILES string of the molecule is COc1cc(/C=C2/N=C(CC(=O)NCc3ccccc3)c3nc(F)ccc32)cc(OC)c1OCCO. The van der Waals surface area contributed by atoms with E-state index in [0.717, 1.165) is 5.56 Å². The second-order valence-electron chi connectivity index (χ2n) is 7.88. The van der Waals surface area contributed by atoms with Crippen LogP contribution in [0.25, 0.3) is 11.8 Å². The zero-order valence-electron chi connectivity index (χ0n) is 20.0. The van der Waals surface area contributed by atoms with Gasteiger partial charge in [-0.2, -0.15) is 4.39 Å². The molecule has 2 N–H and O–H groups in total. The van der Waals surface area contributed by atoms with Crippen molar-refractivity contribution in [1.82, 2.24) is 10.3 Å². The summed E-state index contributed by atoms with van der Waals surface area (Å²) in [5.41, 5.74) is 3.50. The average molecular weight is 492 g/mol. The van der Waals surface area contributed by atoms with E-state index in [4.69, 9.17) is 19.3 Å². The highest BCUT2D eigenvalue weighted by atomic mass is 19.1. The molecule has 0 atom stereocenters. The number of halogens is 1. The number of aliphatic hydroxyl groups is 1. The number of rotatable bonds is 10. The zero-order chi connectivity index (χ0) is 25.5. The molecule has 0 saturated heterocycles. The molecule has 0 fully saturated rings. The molecule has 36 heavy (non-hydrogen) atoms. The van der Waals surface area contributed by atoms with Gasteiger partial charge in [0.25, 0.3) is 0 Å². The molecule has 4 rings (SSSR count). The molecule has 2 aromatic carbocycles. The maximum absolute atomic E-state index is 14.0. The highest BCUT2D eigenvalue weighted by molar-refractivity contribution is 6.17. The number of amides is 1. The smallest absolute Gasteiger partial charge is 0.226 e. The molecular formula is C27H26FN3O5. The van der Waals surface area contributed by atoms with Gasteiger partial charge >= 0.3 is 0 Å². The largest absolute Gasteiger partial charge is 0.493 e. The molecule has 1 aliphatic heterocycles. The van der Waals surface area contributed by atoms with Gasteiger partial charge in [-0.25, -0.2) is 9.98 Å². The van der Waals surface area contributed by atoms with E-state index < -0.39 is 5.95 Å². The van der Waals surface area contributed by atoms with Crippen molar-refractivity contribution >= 4 is 23.4 Å². The first-order chi connectivity index (χ1) is 17.5. The lowest BCUT2D eigenvalue weighted by atomic mass is 10.1. The standard InChI is InChI=1S/C27H26FN3O5/c1-34-22-13-18(14-23(35-2)27(22)36-11-10-32)12-20-19-8-9-24(28)31-26(19)21(30-20)15-25(33)29-16-17-6-4-3-5-7-17/h3-9,12-14,32H,10-11,15-16H2,1-2H3,(H,29,33)/b20-12+. The lowest BCUT2D eigenvalue weighted by molar-refractivity contribution is -0.120. The highest BCUT2D eigenvalue weighted by Crippen LogP contribution is 2.40. The van der Waals surface area contributed by atoms with Crippen LogP contribution in [0, 0.1) is 5.95 Å². The Kier molecular flexibility index (Phi) is 7.92. The minimum Gasteiger partial charge on any atom is -0.493 e. The number of aliphatic hydroxyl groups excluding tert-OH is 1. The summed E-state index contributed by atoms with van der Waals surface area (Å²) in [5, 5.41) is 12.0. The Morgan fingerprint density at radius 3 is 2.47 bits per heavy atom. The molecule has 0 aliphatic carbocycles. The Balaban J connectivity index is 1.63. The number of nitrogens with one attached hydrogen (secondary N) is 1. The molecule has 0 spiro atoms. The number of aromatic nitrogens is 1. The summed E-state index contributed by atoms with van der Waals surface area (Å²) in [6.07, 6.45) is 1.72. The molecule has 1 aromatic heterocycles. The van der Waals surface area contributed by atoms with Crippen LogP contribution in [-0.4, -0.2) is 49.1 Å². The third-order valence-corrected chi connectivity index (χ3v) is 5.45. The van der Waals surface area contributed by atoms with Crippen molar-refractivity contribution in [1.29, 1.82) is 0 Å². The summed E-state index contributed by atoms with van der Waals surface area (Å²) in [7, 11) is 3.00. The Labute approximate surface area is 208 Å². The first kappa shape index (κ1) is 24.9. The quantitative estimate of drug-likeness (QED) is 0.420. The predicted octanol–water partition coefficient (Wildman–Crippen LogP) is 3.62. The maximum Gasteiger partial charge on any atom is 0.226 e. The molecule has 2 heterocycles. The van der Waals surface area contributed by atoms with Crippen molar-refractivity contribution in [3.8, 4) is 17.2 Å². The zero-order valence-corrected chi connectivity index (χ0v) is 20.0. The van der Waals surface area contributed by atoms with Gasteiger partial charge in [-0.05, 0) is 41.5 Å². The average Bonchev–Trinajstić information content (AvgIpc) is 3.22. The molecular weight excluding hydrogens is 465 g/mol. The lowest BCUT2D eigenvalue weighted by Crippen LogP contribution is -2.25. The minimum absolute atomic E-state index is 0.0474. The summed E-state index contributed by atoms with van der Waals surface area (Å²) >= 11 is 0. The number of carbonyl (C=O) groups is 1. The van der Waals surface area contributed by atoms with E-state index in [1.165, 1.54) is 20.3 Å². The van der Waals surface area contributed by atoms with Crippen molar-refractivity contribution in [2.24, 2.45) is 4.99 Å². The Morgan fingerprint density at radius 2 is 1.81 bits per heavy atom. The van der Waals surface area contributed by atoms with Crippen LogP contribution in [0.4, 0.5) is 4.39 Å². The number of carbonyl (C=O) groups excluding carboxylic acids is 1. The third-order valence-electron chi connectivity index (χ3n) is 5.45. The Bertz CT molecular complexity index is 1280. The van der Waals surface area contributed by atoms with Gasteiger partial charge in [0, 0.05) is 12.1 Å². The van der Waals surface area contributed by atoms with E-state index >= 15 is 0 Å². The molecule has 0 unspecified atom stereocenters.